The predicted octanol–water partition coefficient (Wildman–Crippen LogP) is -0.0948. The Morgan fingerprint density at radius 1 is 1.69 bits per heavy atom. The average Bonchev–Trinajstić information content (AvgIpc) is 2.90. The van der Waals surface area contributed by atoms with Crippen molar-refractivity contribution in [3.05, 3.63) is 12.2 Å². The Labute approximate surface area is 94.4 Å². The number of aromatic amines is 1. The number of H-pyrrole nitrogens is 1. The van der Waals surface area contributed by atoms with E-state index in [1.54, 1.807) is 11.9 Å². The topological polar surface area (TPSA) is 73.9 Å². The first-order valence-corrected chi connectivity index (χ1v) is 5.57. The van der Waals surface area contributed by atoms with Crippen molar-refractivity contribution in [3.63, 3.8) is 0 Å². The molecule has 0 bridgehead atoms. The van der Waals surface area contributed by atoms with Crippen LogP contribution in [0.1, 0.15) is 25.1 Å². The number of carbonyl (C=O) groups is 1. The van der Waals surface area contributed by atoms with E-state index in [0.29, 0.717) is 19.0 Å². The van der Waals surface area contributed by atoms with Crippen molar-refractivity contribution in [1.82, 2.24) is 25.4 Å². The molecule has 6 heteroatoms. The van der Waals surface area contributed by atoms with Gasteiger partial charge in [-0.05, 0) is 19.4 Å². The molecule has 1 aromatic heterocycles. The molecule has 88 valence electrons. The molecule has 2 N–H and O–H groups in total. The molecule has 16 heavy (non-hydrogen) atoms. The zero-order valence-electron chi connectivity index (χ0n) is 9.44. The lowest BCUT2D eigenvalue weighted by molar-refractivity contribution is -0.131. The second-order valence-electron chi connectivity index (χ2n) is 4.18. The van der Waals surface area contributed by atoms with Crippen molar-refractivity contribution < 1.29 is 4.79 Å². The first-order valence-electron chi connectivity index (χ1n) is 5.57. The van der Waals surface area contributed by atoms with Crippen LogP contribution in [-0.2, 0) is 11.3 Å². The first-order chi connectivity index (χ1) is 7.75. The molecular formula is C10H17N5O. The maximum absolute atomic E-state index is 11.8. The van der Waals surface area contributed by atoms with E-state index in [1.807, 2.05) is 0 Å². The van der Waals surface area contributed by atoms with E-state index in [-0.39, 0.29) is 5.91 Å². The van der Waals surface area contributed by atoms with Gasteiger partial charge in [0.25, 0.3) is 0 Å². The third-order valence-electron chi connectivity index (χ3n) is 2.86. The molecule has 1 unspecified atom stereocenters. The smallest absolute Gasteiger partial charge is 0.224 e. The van der Waals surface area contributed by atoms with Gasteiger partial charge in [0.05, 0.1) is 6.54 Å². The minimum atomic E-state index is 0.149. The van der Waals surface area contributed by atoms with Gasteiger partial charge in [-0.3, -0.25) is 9.89 Å². The number of amides is 1. The molecule has 1 aliphatic heterocycles. The van der Waals surface area contributed by atoms with Gasteiger partial charge in [-0.2, -0.15) is 5.10 Å². The number of nitrogens with one attached hydrogen (secondary N) is 2. The Morgan fingerprint density at radius 3 is 3.19 bits per heavy atom. The Balaban J connectivity index is 1.79. The lowest BCUT2D eigenvalue weighted by atomic mass is 10.1. The van der Waals surface area contributed by atoms with Gasteiger partial charge in [0, 0.05) is 19.5 Å². The fraction of sp³-hybridized carbons (Fsp3) is 0.700. The van der Waals surface area contributed by atoms with Gasteiger partial charge in [-0.25, -0.2) is 4.98 Å². The first kappa shape index (κ1) is 11.1. The third-order valence-corrected chi connectivity index (χ3v) is 2.86. The molecule has 1 aliphatic rings. The summed E-state index contributed by atoms with van der Waals surface area (Å²) >= 11 is 0. The molecule has 0 aromatic carbocycles. The maximum Gasteiger partial charge on any atom is 0.224 e. The Kier molecular flexibility index (Phi) is 3.51. The normalized spacial score (nSPS) is 19.9. The van der Waals surface area contributed by atoms with Crippen LogP contribution >= 0.6 is 0 Å². The van der Waals surface area contributed by atoms with Crippen molar-refractivity contribution in [1.29, 1.82) is 0 Å². The molecule has 1 saturated heterocycles. The molecule has 6 nitrogen and oxygen atoms in total. The third kappa shape index (κ3) is 2.79. The van der Waals surface area contributed by atoms with Gasteiger partial charge in [-0.15, -0.1) is 0 Å². The zero-order valence-corrected chi connectivity index (χ0v) is 9.44. The summed E-state index contributed by atoms with van der Waals surface area (Å²) in [5.74, 6) is 0.867. The largest absolute Gasteiger partial charge is 0.338 e. The van der Waals surface area contributed by atoms with Crippen LogP contribution in [0.4, 0.5) is 0 Å². The molecular weight excluding hydrogens is 206 g/mol. The second-order valence-corrected chi connectivity index (χ2v) is 4.18. The molecule has 0 aliphatic carbocycles. The molecule has 1 atom stereocenters. The summed E-state index contributed by atoms with van der Waals surface area (Å²) in [7, 11) is 1.79. The average molecular weight is 223 g/mol. The van der Waals surface area contributed by atoms with E-state index < -0.39 is 0 Å². The van der Waals surface area contributed by atoms with E-state index in [2.05, 4.69) is 20.5 Å². The number of hydrogen-bond acceptors (Lipinski definition) is 4. The van der Waals surface area contributed by atoms with Gasteiger partial charge in [0.15, 0.2) is 0 Å². The molecule has 0 saturated carbocycles. The zero-order chi connectivity index (χ0) is 11.4. The van der Waals surface area contributed by atoms with Crippen LogP contribution in [-0.4, -0.2) is 45.6 Å². The molecule has 1 amide bonds. The van der Waals surface area contributed by atoms with E-state index >= 15 is 0 Å². The summed E-state index contributed by atoms with van der Waals surface area (Å²) in [6.07, 6.45) is 4.29. The van der Waals surface area contributed by atoms with E-state index in [4.69, 9.17) is 0 Å². The lowest BCUT2D eigenvalue weighted by Crippen LogP contribution is -2.33. The fourth-order valence-electron chi connectivity index (χ4n) is 1.92. The molecule has 2 rings (SSSR count). The molecule has 0 spiro atoms. The summed E-state index contributed by atoms with van der Waals surface area (Å²) in [6.45, 7) is 1.52. The second kappa shape index (κ2) is 5.07. The summed E-state index contributed by atoms with van der Waals surface area (Å²) in [5, 5.41) is 9.82. The quantitative estimate of drug-likeness (QED) is 0.748. The maximum atomic E-state index is 11.8. The van der Waals surface area contributed by atoms with Crippen molar-refractivity contribution in [2.45, 2.75) is 31.8 Å². The van der Waals surface area contributed by atoms with Crippen LogP contribution < -0.4 is 5.32 Å². The molecule has 0 radical (unpaired) electrons. The summed E-state index contributed by atoms with van der Waals surface area (Å²) in [4.78, 5) is 17.5. The van der Waals surface area contributed by atoms with Crippen LogP contribution in [0.25, 0.3) is 0 Å². The van der Waals surface area contributed by atoms with E-state index in [9.17, 15) is 4.79 Å². The monoisotopic (exact) mass is 223 g/mol. The van der Waals surface area contributed by atoms with Crippen molar-refractivity contribution in [2.24, 2.45) is 0 Å². The SMILES string of the molecule is CN(Cc1ncn[nH]1)C(=O)CC1CCCN1. The number of nitrogens with zero attached hydrogens (tertiary/aromatic N) is 3. The van der Waals surface area contributed by atoms with Gasteiger partial charge >= 0.3 is 0 Å². The lowest BCUT2D eigenvalue weighted by Gasteiger charge is -2.18. The fourth-order valence-corrected chi connectivity index (χ4v) is 1.92. The summed E-state index contributed by atoms with van der Waals surface area (Å²) in [5.41, 5.74) is 0. The summed E-state index contributed by atoms with van der Waals surface area (Å²) < 4.78 is 0. The summed E-state index contributed by atoms with van der Waals surface area (Å²) in [6, 6.07) is 0.352. The van der Waals surface area contributed by atoms with Crippen molar-refractivity contribution in [2.75, 3.05) is 13.6 Å². The van der Waals surface area contributed by atoms with E-state index in [0.717, 1.165) is 18.8 Å². The Morgan fingerprint density at radius 2 is 2.56 bits per heavy atom. The highest BCUT2D eigenvalue weighted by Crippen LogP contribution is 2.10. The standard InChI is InChI=1S/C10H17N5O/c1-15(6-9-12-7-13-14-9)10(16)5-8-3-2-4-11-8/h7-8,11H,2-6H2,1H3,(H,12,13,14). The number of aromatic nitrogens is 3. The highest BCUT2D eigenvalue weighted by atomic mass is 16.2. The van der Waals surface area contributed by atoms with Crippen molar-refractivity contribution >= 4 is 5.91 Å². The van der Waals surface area contributed by atoms with Gasteiger partial charge < -0.3 is 10.2 Å². The van der Waals surface area contributed by atoms with Crippen LogP contribution in [0.15, 0.2) is 6.33 Å². The predicted molar refractivity (Wildman–Crippen MR) is 58.5 cm³/mol. The highest BCUT2D eigenvalue weighted by Gasteiger charge is 2.20. The van der Waals surface area contributed by atoms with Gasteiger partial charge in [-0.1, -0.05) is 0 Å². The van der Waals surface area contributed by atoms with Gasteiger partial charge in [0.2, 0.25) is 5.91 Å². The molecule has 2 heterocycles. The number of rotatable bonds is 4. The number of carbonyl (C=O) groups excluding carboxylic acids is 1. The highest BCUT2D eigenvalue weighted by molar-refractivity contribution is 5.76. The molecule has 1 aromatic rings. The minimum Gasteiger partial charge on any atom is -0.338 e. The van der Waals surface area contributed by atoms with Crippen LogP contribution in [0.2, 0.25) is 0 Å². The Hall–Kier alpha value is -1.43. The van der Waals surface area contributed by atoms with Crippen LogP contribution in [0.5, 0.6) is 0 Å². The van der Waals surface area contributed by atoms with Crippen LogP contribution in [0, 0.1) is 0 Å². The van der Waals surface area contributed by atoms with E-state index in [1.165, 1.54) is 12.7 Å². The van der Waals surface area contributed by atoms with Gasteiger partial charge in [0.1, 0.15) is 12.2 Å². The Bertz CT molecular complexity index is 331. The minimum absolute atomic E-state index is 0.149. The molecule has 1 fully saturated rings. The van der Waals surface area contributed by atoms with Crippen LogP contribution in [0.3, 0.4) is 0 Å². The van der Waals surface area contributed by atoms with Crippen molar-refractivity contribution in [3.8, 4) is 0 Å². The number of hydrogen-bond donors (Lipinski definition) is 2.